The molecule has 1 aromatic carbocycles. The molecule has 0 spiro atoms. The Labute approximate surface area is 168 Å². The first-order valence-electron chi connectivity index (χ1n) is 7.28. The number of nitrogens with zero attached hydrogens (tertiary/aromatic N) is 1. The molecule has 3 atom stereocenters. The van der Waals surface area contributed by atoms with E-state index in [9.17, 15) is 0 Å². The van der Waals surface area contributed by atoms with Crippen LogP contribution < -0.4 is 24.8 Å². The molecule has 22 heavy (non-hydrogen) atoms. The van der Waals surface area contributed by atoms with Crippen LogP contribution in [0.25, 0.3) is 11.4 Å². The maximum absolute atomic E-state index is 5.22. The summed E-state index contributed by atoms with van der Waals surface area (Å²) in [6.45, 7) is 4.69. The summed E-state index contributed by atoms with van der Waals surface area (Å²) < 4.78 is 0. The second-order valence-electron chi connectivity index (χ2n) is 6.15. The van der Waals surface area contributed by atoms with Crippen molar-refractivity contribution >= 4 is 21.1 Å². The van der Waals surface area contributed by atoms with Crippen molar-refractivity contribution in [2.24, 2.45) is 5.92 Å². The van der Waals surface area contributed by atoms with E-state index in [1.807, 2.05) is 0 Å². The van der Waals surface area contributed by atoms with Gasteiger partial charge in [0, 0.05) is 25.8 Å². The molecule has 5 heteroatoms. The Bertz CT molecular complexity index is 549. The Kier molecular flexibility index (Phi) is 9.26. The first kappa shape index (κ1) is 22.5. The van der Waals surface area contributed by atoms with Crippen molar-refractivity contribution in [1.82, 2.24) is 0 Å². The molecule has 0 saturated heterocycles. The maximum Gasteiger partial charge on any atom is 0 e. The van der Waals surface area contributed by atoms with E-state index in [2.05, 4.69) is 60.1 Å². The van der Waals surface area contributed by atoms with Gasteiger partial charge in [0.2, 0.25) is 0 Å². The number of halogens is 2. The van der Waals surface area contributed by atoms with Crippen molar-refractivity contribution in [3.63, 3.8) is 0 Å². The summed E-state index contributed by atoms with van der Waals surface area (Å²) in [4.78, 5) is 0. The molecule has 0 N–H and O–H groups in total. The number of fused-ring (bicyclic) bond motifs is 1. The van der Waals surface area contributed by atoms with Gasteiger partial charge >= 0.3 is 0 Å². The molecule has 1 fully saturated rings. The van der Waals surface area contributed by atoms with E-state index >= 15 is 0 Å². The molecule has 1 saturated carbocycles. The van der Waals surface area contributed by atoms with Crippen LogP contribution in [0.1, 0.15) is 50.3 Å². The van der Waals surface area contributed by atoms with Gasteiger partial charge in [0.25, 0.3) is 0 Å². The van der Waals surface area contributed by atoms with Crippen LogP contribution in [0, 0.1) is 5.92 Å². The monoisotopic (exact) mass is 518 g/mol. The van der Waals surface area contributed by atoms with Gasteiger partial charge < -0.3 is 30.1 Å². The molecule has 0 heterocycles. The summed E-state index contributed by atoms with van der Waals surface area (Å²) in [7, 11) is 2.08. The summed E-state index contributed by atoms with van der Waals surface area (Å²) in [5.74, 6) is 0.724. The van der Waals surface area contributed by atoms with Crippen LogP contribution in [0.4, 0.5) is 0 Å². The van der Waals surface area contributed by atoms with Crippen molar-refractivity contribution in [1.29, 1.82) is 0 Å². The molecule has 3 unspecified atom stereocenters. The van der Waals surface area contributed by atoms with E-state index < -0.39 is 0 Å². The van der Waals surface area contributed by atoms with Crippen molar-refractivity contribution in [3.8, 4) is 0 Å². The van der Waals surface area contributed by atoms with Gasteiger partial charge in [0.05, 0.1) is 0 Å². The van der Waals surface area contributed by atoms with E-state index in [-0.39, 0.29) is 62.2 Å². The fourth-order valence-electron chi connectivity index (χ4n) is 3.42. The van der Waals surface area contributed by atoms with Crippen molar-refractivity contribution < 1.29 is 50.7 Å². The minimum absolute atomic E-state index is 0. The quantitative estimate of drug-likeness (QED) is 0.386. The Hall–Kier alpha value is 0.457. The summed E-state index contributed by atoms with van der Waals surface area (Å²) in [5.41, 5.74) is 2.78. The first-order chi connectivity index (χ1) is 9.10. The summed E-state index contributed by atoms with van der Waals surface area (Å²) in [5, 5.41) is 6.82. The van der Waals surface area contributed by atoms with Crippen LogP contribution in [-0.2, 0) is 25.8 Å². The van der Waals surface area contributed by atoms with Gasteiger partial charge in [-0.15, -0.1) is 10.7 Å². The van der Waals surface area contributed by atoms with Crippen molar-refractivity contribution in [2.45, 2.75) is 44.7 Å². The second-order valence-corrected chi connectivity index (χ2v) is 6.92. The first-order valence-corrected chi connectivity index (χ1v) is 7.99. The molecule has 0 radical (unpaired) electrons. The summed E-state index contributed by atoms with van der Waals surface area (Å²) in [6.07, 6.45) is 8.33. The van der Waals surface area contributed by atoms with Crippen LogP contribution in [-0.4, -0.2) is 20.6 Å². The van der Waals surface area contributed by atoms with E-state index in [1.165, 1.54) is 30.4 Å². The number of rotatable bonds is 2. The topological polar surface area (TPSA) is 14.1 Å². The zero-order valence-corrected chi connectivity index (χ0v) is 19.7. The van der Waals surface area contributed by atoms with Crippen molar-refractivity contribution in [2.75, 3.05) is 0 Å². The Balaban J connectivity index is 0.00000147. The standard InChI is InChI=1S/C17H22NSi.2ClH.Hf/c1-12-6-5-11-17(2,16(12)19)18-15-10-9-13-7-3-4-8-14(13)15;;;/h3-4,7-10,12,15H,5-6,11,19H2,1-2H3;2*1H;/q-1;;;/p-2. The minimum Gasteiger partial charge on any atom is -1.00 e. The fraction of sp³-hybridized carbons (Fsp3) is 0.471. The Morgan fingerprint density at radius 3 is 2.64 bits per heavy atom. The molecule has 0 aromatic heterocycles. The van der Waals surface area contributed by atoms with Gasteiger partial charge in [-0.1, -0.05) is 74.7 Å². The zero-order chi connectivity index (χ0) is 13.5. The fourth-order valence-corrected chi connectivity index (χ4v) is 3.89. The smallest absolute Gasteiger partial charge is 0 e. The SMILES string of the molecule is CC1CCCC(C)([N-]C2C=Cc3ccccc32)C1=[SiH2].[Cl-].[Cl-].[Hf]. The van der Waals surface area contributed by atoms with Crippen LogP contribution in [0.3, 0.4) is 0 Å². The van der Waals surface area contributed by atoms with Crippen LogP contribution >= 0.6 is 0 Å². The molecule has 1 aromatic rings. The largest absolute Gasteiger partial charge is 1.00 e. The van der Waals surface area contributed by atoms with E-state index in [1.54, 1.807) is 5.17 Å². The number of hydrogen-bond donors (Lipinski definition) is 0. The molecule has 0 aliphatic heterocycles. The zero-order valence-electron chi connectivity index (χ0n) is 13.2. The Morgan fingerprint density at radius 2 is 1.91 bits per heavy atom. The van der Waals surface area contributed by atoms with Gasteiger partial charge in [-0.25, -0.2) is 0 Å². The molecule has 1 nitrogen and oxygen atoms in total. The summed E-state index contributed by atoms with van der Waals surface area (Å²) >= 11 is 0. The molecule has 3 rings (SSSR count). The third-order valence-corrected chi connectivity index (χ3v) is 6.24. The minimum atomic E-state index is 0. The molecule has 2 aliphatic carbocycles. The molecular formula is C17H22Cl2HfNSi-3. The van der Waals surface area contributed by atoms with Gasteiger partial charge in [-0.3, -0.25) is 0 Å². The predicted octanol–water partition coefficient (Wildman–Crippen LogP) is -2.48. The van der Waals surface area contributed by atoms with Gasteiger partial charge in [-0.2, -0.15) is 0 Å². The number of benzene rings is 1. The van der Waals surface area contributed by atoms with Crippen LogP contribution in [0.15, 0.2) is 30.3 Å². The van der Waals surface area contributed by atoms with Crippen molar-refractivity contribution in [3.05, 3.63) is 46.8 Å². The predicted molar refractivity (Wildman–Crippen MR) is 86.5 cm³/mol. The average molecular weight is 518 g/mol. The molecule has 120 valence electrons. The summed E-state index contributed by atoms with van der Waals surface area (Å²) in [6, 6.07) is 8.89. The van der Waals surface area contributed by atoms with E-state index in [4.69, 9.17) is 5.32 Å². The van der Waals surface area contributed by atoms with E-state index in [0.29, 0.717) is 0 Å². The van der Waals surface area contributed by atoms with Crippen LogP contribution in [0.2, 0.25) is 0 Å². The van der Waals surface area contributed by atoms with Gasteiger partial charge in [0.15, 0.2) is 0 Å². The van der Waals surface area contributed by atoms with E-state index in [0.717, 1.165) is 5.92 Å². The molecule has 0 amide bonds. The average Bonchev–Trinajstić information content (AvgIpc) is 2.80. The van der Waals surface area contributed by atoms with Gasteiger partial charge in [-0.05, 0) is 27.8 Å². The van der Waals surface area contributed by atoms with Gasteiger partial charge in [0.1, 0.15) is 0 Å². The molecule has 0 bridgehead atoms. The second kappa shape index (κ2) is 9.07. The van der Waals surface area contributed by atoms with Crippen LogP contribution in [0.5, 0.6) is 0 Å². The molecular weight excluding hydrogens is 496 g/mol. The molecule has 2 aliphatic rings. The normalized spacial score (nSPS) is 28.9. The third kappa shape index (κ3) is 4.30. The Morgan fingerprint density at radius 1 is 1.23 bits per heavy atom. The third-order valence-electron chi connectivity index (χ3n) is 4.78. The maximum atomic E-state index is 5.22. The number of hydrogen-bond acceptors (Lipinski definition) is 0.